The number of rotatable bonds is 2. The molecule has 6 nitrogen and oxygen atoms in total. The van der Waals surface area contributed by atoms with Gasteiger partial charge in [0, 0.05) is 36.7 Å². The Kier molecular flexibility index (Phi) is 4.53. The van der Waals surface area contributed by atoms with E-state index in [0.717, 1.165) is 30.8 Å². The molecule has 1 aromatic carbocycles. The third kappa shape index (κ3) is 3.56. The Labute approximate surface area is 176 Å². The number of urea groups is 1. The summed E-state index contributed by atoms with van der Waals surface area (Å²) in [6, 6.07) is 11.6. The van der Waals surface area contributed by atoms with E-state index in [9.17, 15) is 18.0 Å². The molecule has 2 aliphatic rings. The van der Waals surface area contributed by atoms with Crippen molar-refractivity contribution >= 4 is 23.2 Å². The smallest absolute Gasteiger partial charge is 0.366 e. The molecule has 9 heteroatoms. The van der Waals surface area contributed by atoms with Gasteiger partial charge in [-0.1, -0.05) is 12.1 Å². The van der Waals surface area contributed by atoms with Crippen LogP contribution in [0.3, 0.4) is 0 Å². The van der Waals surface area contributed by atoms with Gasteiger partial charge in [0.1, 0.15) is 0 Å². The van der Waals surface area contributed by atoms with Gasteiger partial charge in [0.2, 0.25) is 0 Å². The van der Waals surface area contributed by atoms with Gasteiger partial charge in [0.05, 0.1) is 23.0 Å². The molecule has 158 valence electrons. The van der Waals surface area contributed by atoms with Gasteiger partial charge in [-0.25, -0.2) is 9.78 Å². The predicted molar refractivity (Wildman–Crippen MR) is 111 cm³/mol. The van der Waals surface area contributed by atoms with E-state index in [1.165, 1.54) is 6.07 Å². The van der Waals surface area contributed by atoms with Gasteiger partial charge < -0.3 is 10.2 Å². The molecule has 0 aliphatic carbocycles. The molecule has 0 spiro atoms. The van der Waals surface area contributed by atoms with Crippen LogP contribution in [0.2, 0.25) is 0 Å². The second-order valence-electron chi connectivity index (χ2n) is 7.54. The maximum atomic E-state index is 13.1. The first-order valence-corrected chi connectivity index (χ1v) is 9.84. The zero-order valence-corrected chi connectivity index (χ0v) is 16.3. The number of nitrogens with one attached hydrogen (secondary N) is 1. The largest absolute Gasteiger partial charge is 0.416 e. The molecule has 2 aliphatic heterocycles. The Morgan fingerprint density at radius 1 is 1.10 bits per heavy atom. The first kappa shape index (κ1) is 19.3. The van der Waals surface area contributed by atoms with Crippen LogP contribution < -0.4 is 15.1 Å². The number of carbonyl (C=O) groups excluding carboxylic acids is 1. The number of anilines is 3. The summed E-state index contributed by atoms with van der Waals surface area (Å²) in [5.74, 6) is 0.454. The van der Waals surface area contributed by atoms with Crippen LogP contribution in [-0.2, 0) is 6.18 Å². The molecule has 1 fully saturated rings. The highest BCUT2D eigenvalue weighted by molar-refractivity contribution is 6.04. The molecule has 0 radical (unpaired) electrons. The zero-order chi connectivity index (χ0) is 21.6. The zero-order valence-electron chi connectivity index (χ0n) is 16.3. The van der Waals surface area contributed by atoms with E-state index < -0.39 is 11.7 Å². The lowest BCUT2D eigenvalue weighted by Crippen LogP contribution is -2.48. The molecule has 1 saturated heterocycles. The number of hydrogen-bond donors (Lipinski definition) is 1. The Morgan fingerprint density at radius 2 is 1.90 bits per heavy atom. The van der Waals surface area contributed by atoms with Crippen molar-refractivity contribution in [1.29, 1.82) is 0 Å². The molecule has 2 bridgehead atoms. The summed E-state index contributed by atoms with van der Waals surface area (Å²) in [5.41, 5.74) is 1.40. The summed E-state index contributed by atoms with van der Waals surface area (Å²) in [4.78, 5) is 25.5. The van der Waals surface area contributed by atoms with Crippen molar-refractivity contribution in [1.82, 2.24) is 9.97 Å². The normalized spacial score (nSPS) is 17.5. The van der Waals surface area contributed by atoms with E-state index in [4.69, 9.17) is 0 Å². The van der Waals surface area contributed by atoms with Gasteiger partial charge in [0.25, 0.3) is 0 Å². The van der Waals surface area contributed by atoms with Crippen molar-refractivity contribution in [3.63, 3.8) is 0 Å². The summed E-state index contributed by atoms with van der Waals surface area (Å²) >= 11 is 0. The van der Waals surface area contributed by atoms with E-state index in [1.807, 2.05) is 6.07 Å². The maximum Gasteiger partial charge on any atom is 0.416 e. The molecule has 2 aromatic heterocycles. The minimum atomic E-state index is -4.44. The van der Waals surface area contributed by atoms with Gasteiger partial charge >= 0.3 is 12.2 Å². The molecule has 2 amide bonds. The van der Waals surface area contributed by atoms with Crippen LogP contribution >= 0.6 is 0 Å². The lowest BCUT2D eigenvalue weighted by molar-refractivity contribution is -0.137. The lowest BCUT2D eigenvalue weighted by atomic mass is 10.1. The molecule has 0 unspecified atom stereocenters. The average Bonchev–Trinajstić information content (AvgIpc) is 3.18. The number of halogens is 3. The summed E-state index contributed by atoms with van der Waals surface area (Å²) in [6.45, 7) is 1.49. The molecule has 4 heterocycles. The van der Waals surface area contributed by atoms with Gasteiger partial charge in [-0.05, 0) is 42.8 Å². The Balaban J connectivity index is 1.54. The number of alkyl halides is 3. The molecule has 0 saturated carbocycles. The quantitative estimate of drug-likeness (QED) is 0.641. The highest BCUT2D eigenvalue weighted by atomic mass is 19.4. The molecule has 31 heavy (non-hydrogen) atoms. The maximum absolute atomic E-state index is 13.1. The van der Waals surface area contributed by atoms with Crippen molar-refractivity contribution in [2.75, 3.05) is 28.2 Å². The highest BCUT2D eigenvalue weighted by Crippen LogP contribution is 2.41. The average molecular weight is 425 g/mol. The molecule has 1 atom stereocenters. The number of aromatic nitrogens is 2. The van der Waals surface area contributed by atoms with E-state index in [0.29, 0.717) is 29.3 Å². The van der Waals surface area contributed by atoms with Gasteiger partial charge in [-0.2, -0.15) is 13.2 Å². The number of carbonyl (C=O) groups is 1. The van der Waals surface area contributed by atoms with Crippen LogP contribution in [-0.4, -0.2) is 35.1 Å². The summed E-state index contributed by atoms with van der Waals surface area (Å²) in [6.07, 6.45) is -0.480. The topological polar surface area (TPSA) is 61.4 Å². The molecule has 3 aromatic rings. The SMILES string of the molecule is O=C(Nc1ccncc1)N1c2nc(-c3cccc(C(F)(F)F)c3)ccc2N2CC[C@H]1C2. The fourth-order valence-corrected chi connectivity index (χ4v) is 4.11. The van der Waals surface area contributed by atoms with E-state index in [-0.39, 0.29) is 12.1 Å². The number of fused-ring (bicyclic) bond motifs is 4. The molecule has 5 rings (SSSR count). The van der Waals surface area contributed by atoms with E-state index in [1.54, 1.807) is 41.6 Å². The number of nitrogens with zero attached hydrogens (tertiary/aromatic N) is 4. The Bertz CT molecular complexity index is 1140. The van der Waals surface area contributed by atoms with Gasteiger partial charge in [-0.3, -0.25) is 9.88 Å². The lowest BCUT2D eigenvalue weighted by Gasteiger charge is -2.36. The first-order valence-electron chi connectivity index (χ1n) is 9.84. The van der Waals surface area contributed by atoms with Crippen molar-refractivity contribution in [2.45, 2.75) is 18.6 Å². The number of pyridine rings is 2. The Morgan fingerprint density at radius 3 is 2.68 bits per heavy atom. The number of benzene rings is 1. The molecular formula is C22H18F3N5O. The van der Waals surface area contributed by atoms with Crippen molar-refractivity contribution in [3.05, 3.63) is 66.5 Å². The van der Waals surface area contributed by atoms with E-state index >= 15 is 0 Å². The van der Waals surface area contributed by atoms with E-state index in [2.05, 4.69) is 20.2 Å². The van der Waals surface area contributed by atoms with Crippen molar-refractivity contribution in [2.24, 2.45) is 0 Å². The number of amides is 2. The molecular weight excluding hydrogens is 407 g/mol. The van der Waals surface area contributed by atoms with Crippen molar-refractivity contribution in [3.8, 4) is 11.3 Å². The Hall–Kier alpha value is -3.62. The minimum Gasteiger partial charge on any atom is -0.366 e. The fraction of sp³-hybridized carbons (Fsp3) is 0.227. The van der Waals surface area contributed by atoms with Crippen molar-refractivity contribution < 1.29 is 18.0 Å². The summed E-state index contributed by atoms with van der Waals surface area (Å²) in [7, 11) is 0. The van der Waals surface area contributed by atoms with Gasteiger partial charge in [0.15, 0.2) is 5.82 Å². The van der Waals surface area contributed by atoms with Crippen LogP contribution in [0, 0.1) is 0 Å². The third-order valence-electron chi connectivity index (χ3n) is 5.59. The highest BCUT2D eigenvalue weighted by Gasteiger charge is 2.40. The van der Waals surface area contributed by atoms with Crippen LogP contribution in [0.15, 0.2) is 60.9 Å². The van der Waals surface area contributed by atoms with Crippen LogP contribution in [0.1, 0.15) is 12.0 Å². The monoisotopic (exact) mass is 425 g/mol. The third-order valence-corrected chi connectivity index (χ3v) is 5.59. The first-order chi connectivity index (χ1) is 14.9. The summed E-state index contributed by atoms with van der Waals surface area (Å²) in [5, 5.41) is 2.86. The minimum absolute atomic E-state index is 0.0569. The van der Waals surface area contributed by atoms with Crippen LogP contribution in [0.5, 0.6) is 0 Å². The second kappa shape index (κ2) is 7.26. The van der Waals surface area contributed by atoms with Gasteiger partial charge in [-0.15, -0.1) is 0 Å². The summed E-state index contributed by atoms with van der Waals surface area (Å²) < 4.78 is 39.4. The molecule has 1 N–H and O–H groups in total. The van der Waals surface area contributed by atoms with Crippen LogP contribution in [0.4, 0.5) is 35.2 Å². The predicted octanol–water partition coefficient (Wildman–Crippen LogP) is 4.79. The number of hydrogen-bond acceptors (Lipinski definition) is 4. The van der Waals surface area contributed by atoms with Crippen LogP contribution in [0.25, 0.3) is 11.3 Å². The standard InChI is InChI=1S/C22H18F3N5O/c23-22(24,25)15-3-1-2-14(12-15)18-4-5-19-20(28-18)30(17-8-11-29(19)13-17)21(31)27-16-6-9-26-10-7-16/h1-7,9-10,12,17H,8,11,13H2,(H,26,27,31)/t17-/m0/s1. The fourth-order valence-electron chi connectivity index (χ4n) is 4.11. The second-order valence-corrected chi connectivity index (χ2v) is 7.54.